The first-order chi connectivity index (χ1) is 13.3. The molecule has 1 heterocycles. The quantitative estimate of drug-likeness (QED) is 0.810. The lowest BCUT2D eigenvalue weighted by molar-refractivity contribution is -0.153. The van der Waals surface area contributed by atoms with Gasteiger partial charge in [-0.2, -0.15) is 4.31 Å². The standard InChI is InChI=1S/C19H23FN2O5S/c20-14-3-5-15(6-4-14)28(26,27)22-9-7-21(8-10-22)18(23)16-12-1-2-13(11-12)17(16)19(24)25/h3-6,12-13,16-17H,1-2,7-11H2,(H,24,25)/t12-,13-,16+,17+/m0/s1. The molecule has 0 spiro atoms. The largest absolute Gasteiger partial charge is 0.481 e. The van der Waals surface area contributed by atoms with Gasteiger partial charge in [0.15, 0.2) is 0 Å². The van der Waals surface area contributed by atoms with Crippen LogP contribution in [0.15, 0.2) is 29.2 Å². The molecule has 9 heteroatoms. The first-order valence-corrected chi connectivity index (χ1v) is 11.0. The maximum Gasteiger partial charge on any atom is 0.307 e. The fourth-order valence-electron chi connectivity index (χ4n) is 5.12. The van der Waals surface area contributed by atoms with Gasteiger partial charge in [-0.05, 0) is 55.4 Å². The van der Waals surface area contributed by atoms with Crippen LogP contribution >= 0.6 is 0 Å². The van der Waals surface area contributed by atoms with Gasteiger partial charge in [0.25, 0.3) is 0 Å². The number of nitrogens with zero attached hydrogens (tertiary/aromatic N) is 2. The first kappa shape index (κ1) is 19.3. The summed E-state index contributed by atoms with van der Waals surface area (Å²) in [6, 6.07) is 4.67. The molecule has 1 aromatic carbocycles. The third-order valence-electron chi connectivity index (χ3n) is 6.49. The summed E-state index contributed by atoms with van der Waals surface area (Å²) in [5.74, 6) is -2.46. The summed E-state index contributed by atoms with van der Waals surface area (Å²) in [5.41, 5.74) is 0. The van der Waals surface area contributed by atoms with Crippen LogP contribution in [-0.2, 0) is 19.6 Å². The second kappa shape index (κ2) is 7.11. The van der Waals surface area contributed by atoms with Crippen LogP contribution in [0.25, 0.3) is 0 Å². The molecule has 0 radical (unpaired) electrons. The summed E-state index contributed by atoms with van der Waals surface area (Å²) >= 11 is 0. The van der Waals surface area contributed by atoms with Crippen molar-refractivity contribution in [2.45, 2.75) is 24.2 Å². The van der Waals surface area contributed by atoms with Gasteiger partial charge >= 0.3 is 5.97 Å². The molecule has 1 amide bonds. The molecule has 4 atom stereocenters. The Morgan fingerprint density at radius 1 is 0.964 bits per heavy atom. The zero-order chi connectivity index (χ0) is 20.1. The van der Waals surface area contributed by atoms with E-state index in [2.05, 4.69) is 0 Å². The second-order valence-electron chi connectivity index (χ2n) is 7.91. The molecule has 2 bridgehead atoms. The highest BCUT2D eigenvalue weighted by molar-refractivity contribution is 7.89. The molecule has 0 aromatic heterocycles. The molecule has 1 aromatic rings. The Hall–Kier alpha value is -2.00. The number of piperazine rings is 1. The number of carbonyl (C=O) groups is 2. The topological polar surface area (TPSA) is 95.0 Å². The van der Waals surface area contributed by atoms with Crippen molar-refractivity contribution in [3.63, 3.8) is 0 Å². The number of halogens is 1. The lowest BCUT2D eigenvalue weighted by Gasteiger charge is -2.37. The van der Waals surface area contributed by atoms with E-state index in [9.17, 15) is 27.5 Å². The van der Waals surface area contributed by atoms with Gasteiger partial charge in [-0.25, -0.2) is 12.8 Å². The molecule has 4 rings (SSSR count). The Labute approximate surface area is 163 Å². The molecule has 28 heavy (non-hydrogen) atoms. The highest BCUT2D eigenvalue weighted by Crippen LogP contribution is 2.53. The van der Waals surface area contributed by atoms with Gasteiger partial charge in [-0.15, -0.1) is 0 Å². The molecule has 2 aliphatic carbocycles. The number of hydrogen-bond acceptors (Lipinski definition) is 4. The third-order valence-corrected chi connectivity index (χ3v) is 8.40. The first-order valence-electron chi connectivity index (χ1n) is 9.56. The Kier molecular flexibility index (Phi) is 4.91. The fraction of sp³-hybridized carbons (Fsp3) is 0.579. The lowest BCUT2D eigenvalue weighted by Crippen LogP contribution is -2.53. The number of rotatable bonds is 4. The number of carboxylic acid groups (broad SMARTS) is 1. The zero-order valence-electron chi connectivity index (χ0n) is 15.3. The van der Waals surface area contributed by atoms with Gasteiger partial charge < -0.3 is 10.0 Å². The maximum absolute atomic E-state index is 13.1. The Balaban J connectivity index is 1.43. The van der Waals surface area contributed by atoms with Crippen LogP contribution in [0, 0.1) is 29.5 Å². The molecule has 7 nitrogen and oxygen atoms in total. The van der Waals surface area contributed by atoms with E-state index >= 15 is 0 Å². The molecule has 0 unspecified atom stereocenters. The molecule has 1 aliphatic heterocycles. The number of sulfonamides is 1. The van der Waals surface area contributed by atoms with Crippen molar-refractivity contribution in [3.05, 3.63) is 30.1 Å². The SMILES string of the molecule is O=C(O)[C@@H]1[C@H]2CC[C@@H](C2)[C@H]1C(=O)N1CCN(S(=O)(=O)c2ccc(F)cc2)CC1. The Morgan fingerprint density at radius 2 is 1.54 bits per heavy atom. The minimum atomic E-state index is -3.74. The van der Waals surface area contributed by atoms with E-state index in [1.54, 1.807) is 4.90 Å². The van der Waals surface area contributed by atoms with Crippen LogP contribution in [0.3, 0.4) is 0 Å². The van der Waals surface area contributed by atoms with Gasteiger partial charge in [0.1, 0.15) is 5.82 Å². The van der Waals surface area contributed by atoms with Crippen molar-refractivity contribution in [1.29, 1.82) is 0 Å². The third kappa shape index (κ3) is 3.20. The summed E-state index contributed by atoms with van der Waals surface area (Å²) < 4.78 is 39.8. The molecular formula is C19H23FN2O5S. The van der Waals surface area contributed by atoms with E-state index in [-0.39, 0.29) is 48.8 Å². The lowest BCUT2D eigenvalue weighted by atomic mass is 9.78. The summed E-state index contributed by atoms with van der Waals surface area (Å²) in [5, 5.41) is 9.56. The van der Waals surface area contributed by atoms with E-state index < -0.39 is 33.6 Å². The average Bonchev–Trinajstić information content (AvgIpc) is 3.29. The van der Waals surface area contributed by atoms with Crippen molar-refractivity contribution in [3.8, 4) is 0 Å². The van der Waals surface area contributed by atoms with Crippen LogP contribution in [0.2, 0.25) is 0 Å². The van der Waals surface area contributed by atoms with E-state index in [0.717, 1.165) is 31.4 Å². The van der Waals surface area contributed by atoms with Crippen molar-refractivity contribution >= 4 is 21.9 Å². The van der Waals surface area contributed by atoms with Crippen LogP contribution in [0.5, 0.6) is 0 Å². The molecule has 2 saturated carbocycles. The van der Waals surface area contributed by atoms with E-state index in [1.165, 1.54) is 16.4 Å². The predicted molar refractivity (Wildman–Crippen MR) is 97.2 cm³/mol. The highest BCUT2D eigenvalue weighted by atomic mass is 32.2. The van der Waals surface area contributed by atoms with Crippen LogP contribution in [0.4, 0.5) is 4.39 Å². The van der Waals surface area contributed by atoms with Crippen LogP contribution in [0.1, 0.15) is 19.3 Å². The minimum Gasteiger partial charge on any atom is -0.481 e. The number of fused-ring (bicyclic) bond motifs is 2. The van der Waals surface area contributed by atoms with E-state index in [0.29, 0.717) is 0 Å². The molecule has 152 valence electrons. The number of hydrogen-bond donors (Lipinski definition) is 1. The van der Waals surface area contributed by atoms with Gasteiger partial charge in [-0.1, -0.05) is 0 Å². The Morgan fingerprint density at radius 3 is 2.11 bits per heavy atom. The normalized spacial score (nSPS) is 30.5. The maximum atomic E-state index is 13.1. The van der Waals surface area contributed by atoms with Crippen molar-refractivity contribution in [1.82, 2.24) is 9.21 Å². The van der Waals surface area contributed by atoms with Gasteiger partial charge in [0, 0.05) is 26.2 Å². The molecule has 3 aliphatic rings. The second-order valence-corrected chi connectivity index (χ2v) is 9.84. The van der Waals surface area contributed by atoms with Gasteiger partial charge in [0.2, 0.25) is 15.9 Å². The summed E-state index contributed by atoms with van der Waals surface area (Å²) in [6.07, 6.45) is 2.56. The smallest absolute Gasteiger partial charge is 0.307 e. The minimum absolute atomic E-state index is 0.0210. The van der Waals surface area contributed by atoms with E-state index in [1.807, 2.05) is 0 Å². The molecule has 1 saturated heterocycles. The number of carboxylic acids is 1. The number of benzene rings is 1. The van der Waals surface area contributed by atoms with E-state index in [4.69, 9.17) is 0 Å². The number of carbonyl (C=O) groups excluding carboxylic acids is 1. The predicted octanol–water partition coefficient (Wildman–Crippen LogP) is 1.41. The average molecular weight is 410 g/mol. The molecule has 3 fully saturated rings. The number of aliphatic carboxylic acids is 1. The van der Waals surface area contributed by atoms with Gasteiger partial charge in [-0.3, -0.25) is 9.59 Å². The highest BCUT2D eigenvalue weighted by Gasteiger charge is 2.55. The molecule has 1 N–H and O–H groups in total. The number of amides is 1. The fourth-order valence-corrected chi connectivity index (χ4v) is 6.54. The zero-order valence-corrected chi connectivity index (χ0v) is 16.1. The summed E-state index contributed by atoms with van der Waals surface area (Å²) in [6.45, 7) is 0.757. The van der Waals surface area contributed by atoms with Crippen LogP contribution in [-0.4, -0.2) is 60.8 Å². The van der Waals surface area contributed by atoms with Crippen molar-refractivity contribution < 1.29 is 27.5 Å². The summed E-state index contributed by atoms with van der Waals surface area (Å²) in [7, 11) is -3.74. The van der Waals surface area contributed by atoms with Gasteiger partial charge in [0.05, 0.1) is 16.7 Å². The van der Waals surface area contributed by atoms with Crippen molar-refractivity contribution in [2.75, 3.05) is 26.2 Å². The Bertz CT molecular complexity index is 880. The van der Waals surface area contributed by atoms with Crippen LogP contribution < -0.4 is 0 Å². The molecular weight excluding hydrogens is 387 g/mol. The van der Waals surface area contributed by atoms with Crippen molar-refractivity contribution in [2.24, 2.45) is 23.7 Å². The summed E-state index contributed by atoms with van der Waals surface area (Å²) in [4.78, 5) is 26.3. The monoisotopic (exact) mass is 410 g/mol.